The lowest BCUT2D eigenvalue weighted by molar-refractivity contribution is -0.137. The molecule has 0 fully saturated rings. The third kappa shape index (κ3) is 5.31. The predicted octanol–water partition coefficient (Wildman–Crippen LogP) is 3.71. The highest BCUT2D eigenvalue weighted by Crippen LogP contribution is 2.30. The largest absolute Gasteiger partial charge is 0.416 e. The van der Waals surface area contributed by atoms with Gasteiger partial charge in [0.1, 0.15) is 11.6 Å². The van der Waals surface area contributed by atoms with Gasteiger partial charge < -0.3 is 10.6 Å². The summed E-state index contributed by atoms with van der Waals surface area (Å²) in [6.07, 6.45) is -4.50. The Kier molecular flexibility index (Phi) is 5.50. The van der Waals surface area contributed by atoms with Crippen molar-refractivity contribution in [2.45, 2.75) is 12.7 Å². The van der Waals surface area contributed by atoms with Crippen molar-refractivity contribution in [3.63, 3.8) is 0 Å². The number of anilines is 1. The van der Waals surface area contributed by atoms with Crippen LogP contribution >= 0.6 is 0 Å². The van der Waals surface area contributed by atoms with Gasteiger partial charge in [-0.3, -0.25) is 4.79 Å². The van der Waals surface area contributed by atoms with Crippen molar-refractivity contribution in [2.75, 3.05) is 11.9 Å². The van der Waals surface area contributed by atoms with Crippen molar-refractivity contribution in [2.24, 2.45) is 0 Å². The lowest BCUT2D eigenvalue weighted by Gasteiger charge is -2.10. The molecular weight excluding hydrogens is 331 g/mol. The number of alkyl halides is 3. The fourth-order valence-electron chi connectivity index (χ4n) is 2.01. The van der Waals surface area contributed by atoms with E-state index in [4.69, 9.17) is 0 Å². The van der Waals surface area contributed by atoms with Crippen molar-refractivity contribution in [1.29, 1.82) is 0 Å². The van der Waals surface area contributed by atoms with Gasteiger partial charge in [-0.15, -0.1) is 0 Å². The van der Waals surface area contributed by atoms with Gasteiger partial charge in [0, 0.05) is 18.3 Å². The zero-order valence-electron chi connectivity index (χ0n) is 12.3. The Morgan fingerprint density at radius 2 is 1.67 bits per heavy atom. The smallest absolute Gasteiger partial charge is 0.325 e. The number of halogens is 5. The summed E-state index contributed by atoms with van der Waals surface area (Å²) in [6, 6.07) is 7.17. The average molecular weight is 344 g/mol. The molecule has 0 aliphatic carbocycles. The average Bonchev–Trinajstić information content (AvgIpc) is 2.45. The zero-order chi connectivity index (χ0) is 17.7. The van der Waals surface area contributed by atoms with Gasteiger partial charge in [-0.2, -0.15) is 13.2 Å². The number of rotatable bonds is 5. The van der Waals surface area contributed by atoms with Crippen molar-refractivity contribution in [3.05, 3.63) is 65.2 Å². The van der Waals surface area contributed by atoms with E-state index in [9.17, 15) is 26.7 Å². The van der Waals surface area contributed by atoms with Crippen molar-refractivity contribution in [1.82, 2.24) is 5.32 Å². The second kappa shape index (κ2) is 7.39. The van der Waals surface area contributed by atoms with Crippen molar-refractivity contribution in [3.8, 4) is 0 Å². The maximum atomic E-state index is 13.0. The minimum Gasteiger partial charge on any atom is -0.325 e. The van der Waals surface area contributed by atoms with Crippen molar-refractivity contribution >= 4 is 11.6 Å². The lowest BCUT2D eigenvalue weighted by atomic mass is 10.2. The number of carbonyl (C=O) groups excluding carboxylic acids is 1. The maximum absolute atomic E-state index is 13.0. The van der Waals surface area contributed by atoms with E-state index < -0.39 is 29.3 Å². The molecular formula is C16H13F5N2O. The second-order valence-electron chi connectivity index (χ2n) is 5.01. The Morgan fingerprint density at radius 3 is 2.29 bits per heavy atom. The van der Waals surface area contributed by atoms with E-state index in [0.717, 1.165) is 30.3 Å². The zero-order valence-corrected chi connectivity index (χ0v) is 12.3. The monoisotopic (exact) mass is 344 g/mol. The number of hydrogen-bond acceptors (Lipinski definition) is 2. The normalized spacial score (nSPS) is 11.4. The number of benzene rings is 2. The molecule has 24 heavy (non-hydrogen) atoms. The molecule has 2 N–H and O–H groups in total. The van der Waals surface area contributed by atoms with Crippen LogP contribution in [-0.4, -0.2) is 12.5 Å². The second-order valence-corrected chi connectivity index (χ2v) is 5.01. The molecule has 2 aromatic carbocycles. The fraction of sp³-hybridized carbons (Fsp3) is 0.188. The van der Waals surface area contributed by atoms with E-state index in [-0.39, 0.29) is 18.8 Å². The van der Waals surface area contributed by atoms with E-state index in [1.54, 1.807) is 0 Å². The maximum Gasteiger partial charge on any atom is 0.416 e. The highest BCUT2D eigenvalue weighted by Gasteiger charge is 2.30. The standard InChI is InChI=1S/C16H13F5N2O/c17-12-4-10(5-13(18)7-12)8-22-9-15(24)23-14-3-1-2-11(6-14)16(19,20)21/h1-7,22H,8-9H2,(H,23,24). The molecule has 0 atom stereocenters. The number of amides is 1. The summed E-state index contributed by atoms with van der Waals surface area (Å²) in [7, 11) is 0. The predicted molar refractivity (Wildman–Crippen MR) is 78.1 cm³/mol. The van der Waals surface area contributed by atoms with E-state index in [1.165, 1.54) is 12.1 Å². The van der Waals surface area contributed by atoms with Gasteiger partial charge in [-0.1, -0.05) is 6.07 Å². The molecule has 0 saturated carbocycles. The van der Waals surface area contributed by atoms with Crippen LogP contribution in [-0.2, 0) is 17.5 Å². The number of hydrogen-bond donors (Lipinski definition) is 2. The highest BCUT2D eigenvalue weighted by molar-refractivity contribution is 5.92. The van der Waals surface area contributed by atoms with Gasteiger partial charge in [-0.05, 0) is 35.9 Å². The summed E-state index contributed by atoms with van der Waals surface area (Å²) in [5.41, 5.74) is -0.559. The number of nitrogens with one attached hydrogen (secondary N) is 2. The van der Waals surface area contributed by atoms with Gasteiger partial charge in [0.05, 0.1) is 12.1 Å². The van der Waals surface area contributed by atoms with Crippen LogP contribution in [0.3, 0.4) is 0 Å². The SMILES string of the molecule is O=C(CNCc1cc(F)cc(F)c1)Nc1cccc(C(F)(F)F)c1. The summed E-state index contributed by atoms with van der Waals surface area (Å²) in [4.78, 5) is 11.7. The molecule has 3 nitrogen and oxygen atoms in total. The number of carbonyl (C=O) groups is 1. The summed E-state index contributed by atoms with van der Waals surface area (Å²) in [6.45, 7) is -0.195. The molecule has 0 aromatic heterocycles. The minimum atomic E-state index is -4.50. The van der Waals surface area contributed by atoms with Gasteiger partial charge in [-0.25, -0.2) is 8.78 Å². The highest BCUT2D eigenvalue weighted by atomic mass is 19.4. The minimum absolute atomic E-state index is 0.00780. The molecule has 0 aliphatic rings. The van der Waals surface area contributed by atoms with Crippen LogP contribution in [0.1, 0.15) is 11.1 Å². The molecule has 2 aromatic rings. The summed E-state index contributed by atoms with van der Waals surface area (Å²) in [5.74, 6) is -2.05. The van der Waals surface area contributed by atoms with Gasteiger partial charge >= 0.3 is 6.18 Å². The van der Waals surface area contributed by atoms with Crippen LogP contribution in [0.15, 0.2) is 42.5 Å². The molecule has 0 bridgehead atoms. The van der Waals surface area contributed by atoms with E-state index in [2.05, 4.69) is 10.6 Å². The van der Waals surface area contributed by atoms with Crippen LogP contribution in [0, 0.1) is 11.6 Å². The summed E-state index contributed by atoms with van der Waals surface area (Å²) >= 11 is 0. The third-order valence-corrected chi connectivity index (χ3v) is 3.01. The molecule has 0 aliphatic heterocycles. The first kappa shape index (κ1) is 17.9. The van der Waals surface area contributed by atoms with Crippen LogP contribution in [0.5, 0.6) is 0 Å². The van der Waals surface area contributed by atoms with Gasteiger partial charge in [0.25, 0.3) is 0 Å². The quantitative estimate of drug-likeness (QED) is 0.812. The molecule has 128 valence electrons. The van der Waals surface area contributed by atoms with Crippen LogP contribution < -0.4 is 10.6 Å². The molecule has 0 spiro atoms. The third-order valence-electron chi connectivity index (χ3n) is 3.01. The van der Waals surface area contributed by atoms with E-state index in [0.29, 0.717) is 5.56 Å². The van der Waals surface area contributed by atoms with Crippen LogP contribution in [0.25, 0.3) is 0 Å². The lowest BCUT2D eigenvalue weighted by Crippen LogP contribution is -2.27. The van der Waals surface area contributed by atoms with Crippen molar-refractivity contribution < 1.29 is 26.7 Å². The van der Waals surface area contributed by atoms with Gasteiger partial charge in [0.2, 0.25) is 5.91 Å². The molecule has 0 radical (unpaired) electrons. The summed E-state index contributed by atoms with van der Waals surface area (Å²) in [5, 5.41) is 4.97. The summed E-state index contributed by atoms with van der Waals surface area (Å²) < 4.78 is 63.7. The first-order chi connectivity index (χ1) is 11.2. The first-order valence-corrected chi connectivity index (χ1v) is 6.87. The molecule has 0 heterocycles. The van der Waals surface area contributed by atoms with Crippen LogP contribution in [0.4, 0.5) is 27.6 Å². The first-order valence-electron chi connectivity index (χ1n) is 6.87. The molecule has 1 amide bonds. The Morgan fingerprint density at radius 1 is 1.00 bits per heavy atom. The molecule has 0 unspecified atom stereocenters. The van der Waals surface area contributed by atoms with Crippen LogP contribution in [0.2, 0.25) is 0 Å². The Bertz CT molecular complexity index is 710. The van der Waals surface area contributed by atoms with E-state index >= 15 is 0 Å². The fourth-order valence-corrected chi connectivity index (χ4v) is 2.01. The Labute approximate surface area is 134 Å². The molecule has 2 rings (SSSR count). The topological polar surface area (TPSA) is 41.1 Å². The Hall–Kier alpha value is -2.48. The van der Waals surface area contributed by atoms with Gasteiger partial charge in [0.15, 0.2) is 0 Å². The molecule has 8 heteroatoms. The molecule has 0 saturated heterocycles. The Balaban J connectivity index is 1.87. The van der Waals surface area contributed by atoms with E-state index in [1.807, 2.05) is 0 Å².